The first-order chi connectivity index (χ1) is 8.25. The van der Waals surface area contributed by atoms with Gasteiger partial charge in [-0.3, -0.25) is 0 Å². The van der Waals surface area contributed by atoms with E-state index in [9.17, 15) is 5.21 Å². The molecule has 0 fully saturated rings. The van der Waals surface area contributed by atoms with Crippen LogP contribution in [0.5, 0.6) is 0 Å². The summed E-state index contributed by atoms with van der Waals surface area (Å²) in [5, 5.41) is 10.6. The van der Waals surface area contributed by atoms with Crippen LogP contribution in [-0.4, -0.2) is 19.9 Å². The molecule has 2 heterocycles. The number of imidazole rings is 1. The molecule has 0 aliphatic carbocycles. The summed E-state index contributed by atoms with van der Waals surface area (Å²) in [6, 6.07) is 10.6. The highest BCUT2D eigenvalue weighted by Gasteiger charge is 2.11. The van der Waals surface area contributed by atoms with Gasteiger partial charge >= 0.3 is 0 Å². The van der Waals surface area contributed by atoms with E-state index in [2.05, 4.69) is 9.97 Å². The predicted molar refractivity (Wildman–Crippen MR) is 65.2 cm³/mol. The Morgan fingerprint density at radius 3 is 2.59 bits per heavy atom. The maximum Gasteiger partial charge on any atom is 0.181 e. The molecule has 0 amide bonds. The minimum absolute atomic E-state index is 0.454. The van der Waals surface area contributed by atoms with Crippen molar-refractivity contribution in [2.75, 3.05) is 0 Å². The average molecular weight is 246 g/mol. The normalized spacial score (nSPS) is 10.9. The van der Waals surface area contributed by atoms with Crippen LogP contribution in [0.3, 0.4) is 0 Å². The third-order valence-electron chi connectivity index (χ3n) is 2.51. The lowest BCUT2D eigenvalue weighted by molar-refractivity contribution is 0.203. The number of hydrogen-bond donors (Lipinski definition) is 1. The molecule has 3 rings (SSSR count). The van der Waals surface area contributed by atoms with Crippen molar-refractivity contribution in [2.24, 2.45) is 0 Å². The van der Waals surface area contributed by atoms with Crippen LogP contribution >= 0.6 is 11.6 Å². The second-order valence-corrected chi connectivity index (χ2v) is 4.04. The van der Waals surface area contributed by atoms with Crippen LogP contribution in [0.2, 0.25) is 5.02 Å². The van der Waals surface area contributed by atoms with Crippen molar-refractivity contribution in [3.8, 4) is 11.4 Å². The molecular formula is C12H8ClN3O. The summed E-state index contributed by atoms with van der Waals surface area (Å²) in [6.45, 7) is 0. The Hall–Kier alpha value is -2.07. The van der Waals surface area contributed by atoms with Crippen molar-refractivity contribution in [3.63, 3.8) is 0 Å². The van der Waals surface area contributed by atoms with Crippen molar-refractivity contribution in [1.82, 2.24) is 14.7 Å². The van der Waals surface area contributed by atoms with Gasteiger partial charge in [0.25, 0.3) is 0 Å². The molecule has 0 saturated carbocycles. The molecular weight excluding hydrogens is 238 g/mol. The fraction of sp³-hybridized carbons (Fsp3) is 0. The van der Waals surface area contributed by atoms with Crippen molar-refractivity contribution in [2.45, 2.75) is 0 Å². The molecule has 0 aliphatic heterocycles. The molecule has 0 radical (unpaired) electrons. The van der Waals surface area contributed by atoms with Gasteiger partial charge in [-0.1, -0.05) is 11.6 Å². The van der Waals surface area contributed by atoms with E-state index in [4.69, 9.17) is 11.6 Å². The van der Waals surface area contributed by atoms with Crippen LogP contribution in [0.1, 0.15) is 0 Å². The topological polar surface area (TPSA) is 50.9 Å². The molecule has 1 N–H and O–H groups in total. The highest BCUT2D eigenvalue weighted by molar-refractivity contribution is 6.30. The molecule has 1 aromatic carbocycles. The average Bonchev–Trinajstić information content (AvgIpc) is 2.69. The summed E-state index contributed by atoms with van der Waals surface area (Å²) in [5.74, 6) is 0.454. The van der Waals surface area contributed by atoms with Gasteiger partial charge in [-0.25, -0.2) is 9.97 Å². The van der Waals surface area contributed by atoms with E-state index in [1.807, 2.05) is 0 Å². The minimum Gasteiger partial charge on any atom is -0.426 e. The lowest BCUT2D eigenvalue weighted by Gasteiger charge is -2.00. The fourth-order valence-electron chi connectivity index (χ4n) is 1.69. The zero-order chi connectivity index (χ0) is 11.8. The quantitative estimate of drug-likeness (QED) is 0.671. The number of hydrogen-bond acceptors (Lipinski definition) is 3. The molecule has 4 nitrogen and oxygen atoms in total. The van der Waals surface area contributed by atoms with E-state index in [1.54, 1.807) is 42.6 Å². The zero-order valence-corrected chi connectivity index (χ0v) is 9.46. The van der Waals surface area contributed by atoms with E-state index >= 15 is 0 Å². The number of halogens is 1. The number of benzene rings is 1. The van der Waals surface area contributed by atoms with Crippen LogP contribution in [0.4, 0.5) is 0 Å². The van der Waals surface area contributed by atoms with Gasteiger partial charge in [-0.15, -0.1) is 0 Å². The van der Waals surface area contributed by atoms with Gasteiger partial charge in [0, 0.05) is 16.8 Å². The maximum absolute atomic E-state index is 9.99. The van der Waals surface area contributed by atoms with Gasteiger partial charge in [-0.05, 0) is 36.4 Å². The third kappa shape index (κ3) is 1.62. The van der Waals surface area contributed by atoms with Gasteiger partial charge in [0.2, 0.25) is 0 Å². The highest BCUT2D eigenvalue weighted by atomic mass is 35.5. The van der Waals surface area contributed by atoms with Crippen molar-refractivity contribution >= 4 is 22.8 Å². The smallest absolute Gasteiger partial charge is 0.181 e. The summed E-state index contributed by atoms with van der Waals surface area (Å²) in [4.78, 5) is 8.36. The van der Waals surface area contributed by atoms with E-state index < -0.39 is 0 Å². The van der Waals surface area contributed by atoms with Crippen molar-refractivity contribution < 1.29 is 5.21 Å². The first-order valence-corrected chi connectivity index (χ1v) is 5.42. The van der Waals surface area contributed by atoms with E-state index in [0.29, 0.717) is 22.0 Å². The number of aromatic nitrogens is 3. The minimum atomic E-state index is 0.454. The fourth-order valence-corrected chi connectivity index (χ4v) is 1.81. The molecule has 17 heavy (non-hydrogen) atoms. The van der Waals surface area contributed by atoms with Gasteiger partial charge in [0.05, 0.1) is 0 Å². The lowest BCUT2D eigenvalue weighted by atomic mass is 10.2. The van der Waals surface area contributed by atoms with Crippen LogP contribution in [0, 0.1) is 0 Å². The Balaban J connectivity index is 2.24. The van der Waals surface area contributed by atoms with Crippen LogP contribution in [0.15, 0.2) is 42.6 Å². The maximum atomic E-state index is 9.99. The van der Waals surface area contributed by atoms with Gasteiger partial charge in [-0.2, -0.15) is 4.73 Å². The van der Waals surface area contributed by atoms with Gasteiger partial charge in [0.1, 0.15) is 5.52 Å². The Kier molecular flexibility index (Phi) is 2.23. The van der Waals surface area contributed by atoms with E-state index in [0.717, 1.165) is 10.3 Å². The molecule has 0 bridgehead atoms. The van der Waals surface area contributed by atoms with Crippen LogP contribution < -0.4 is 0 Å². The van der Waals surface area contributed by atoms with Crippen LogP contribution in [-0.2, 0) is 0 Å². The Morgan fingerprint density at radius 1 is 1.12 bits per heavy atom. The van der Waals surface area contributed by atoms with Crippen molar-refractivity contribution in [1.29, 1.82) is 0 Å². The second kappa shape index (κ2) is 3.75. The van der Waals surface area contributed by atoms with Crippen molar-refractivity contribution in [3.05, 3.63) is 47.6 Å². The molecule has 0 saturated heterocycles. The molecule has 84 valence electrons. The molecule has 3 aromatic rings. The standard InChI is InChI=1S/C12H8ClN3O/c13-9-5-3-8(4-6-9)12-15-11-10(16(12)17)2-1-7-14-11/h1-7,17H. The molecule has 0 spiro atoms. The number of pyridine rings is 1. The zero-order valence-electron chi connectivity index (χ0n) is 8.71. The lowest BCUT2D eigenvalue weighted by Crippen LogP contribution is -1.93. The van der Waals surface area contributed by atoms with E-state index in [1.165, 1.54) is 0 Å². The molecule has 0 aliphatic rings. The summed E-state index contributed by atoms with van der Waals surface area (Å²) < 4.78 is 1.03. The highest BCUT2D eigenvalue weighted by Crippen LogP contribution is 2.23. The second-order valence-electron chi connectivity index (χ2n) is 3.60. The Morgan fingerprint density at radius 2 is 1.88 bits per heavy atom. The monoisotopic (exact) mass is 245 g/mol. The third-order valence-corrected chi connectivity index (χ3v) is 2.76. The molecule has 0 atom stereocenters. The molecule has 2 aromatic heterocycles. The van der Waals surface area contributed by atoms with Gasteiger partial charge < -0.3 is 5.21 Å². The Labute approximate surface area is 102 Å². The van der Waals surface area contributed by atoms with Crippen LogP contribution in [0.25, 0.3) is 22.6 Å². The number of nitrogens with zero attached hydrogens (tertiary/aromatic N) is 3. The summed E-state index contributed by atoms with van der Waals surface area (Å²) in [7, 11) is 0. The molecule has 0 unspecified atom stereocenters. The predicted octanol–water partition coefficient (Wildman–Crippen LogP) is 2.99. The summed E-state index contributed by atoms with van der Waals surface area (Å²) in [5.41, 5.74) is 1.88. The molecule has 5 heteroatoms. The summed E-state index contributed by atoms with van der Waals surface area (Å²) >= 11 is 5.82. The van der Waals surface area contributed by atoms with Gasteiger partial charge in [0.15, 0.2) is 11.5 Å². The Bertz CT molecular complexity index is 676. The largest absolute Gasteiger partial charge is 0.426 e. The summed E-state index contributed by atoms with van der Waals surface area (Å²) in [6.07, 6.45) is 1.64. The first-order valence-electron chi connectivity index (χ1n) is 5.04. The number of rotatable bonds is 1. The van der Waals surface area contributed by atoms with E-state index in [-0.39, 0.29) is 0 Å². The SMILES string of the molecule is On1c(-c2ccc(Cl)cc2)nc2ncccc21. The number of fused-ring (bicyclic) bond motifs is 1. The first kappa shape index (κ1) is 10.1.